The first-order chi connectivity index (χ1) is 6.16. The molecule has 1 aliphatic rings. The average molecular weight is 179 g/mol. The van der Waals surface area contributed by atoms with Gasteiger partial charge in [-0.1, -0.05) is 13.8 Å². The van der Waals surface area contributed by atoms with Crippen molar-refractivity contribution in [2.75, 3.05) is 7.11 Å². The molecule has 1 fully saturated rings. The SMILES string of the molecule is COC1CC(n2cccc2)C1(C)C. The minimum atomic E-state index is 0.272. The zero-order valence-corrected chi connectivity index (χ0v) is 8.53. The second-order valence-electron chi connectivity index (χ2n) is 4.43. The van der Waals surface area contributed by atoms with E-state index >= 15 is 0 Å². The maximum absolute atomic E-state index is 5.42. The van der Waals surface area contributed by atoms with Crippen molar-refractivity contribution in [1.29, 1.82) is 0 Å². The summed E-state index contributed by atoms with van der Waals surface area (Å²) in [7, 11) is 1.80. The summed E-state index contributed by atoms with van der Waals surface area (Å²) < 4.78 is 7.70. The molecule has 2 heteroatoms. The van der Waals surface area contributed by atoms with Crippen LogP contribution in [0.2, 0.25) is 0 Å². The lowest BCUT2D eigenvalue weighted by atomic mass is 9.64. The van der Waals surface area contributed by atoms with Gasteiger partial charge in [-0.15, -0.1) is 0 Å². The van der Waals surface area contributed by atoms with E-state index in [1.54, 1.807) is 7.11 Å². The molecular formula is C11H17NO. The van der Waals surface area contributed by atoms with E-state index in [1.165, 1.54) is 0 Å². The molecule has 0 radical (unpaired) electrons. The molecule has 2 nitrogen and oxygen atoms in total. The molecular weight excluding hydrogens is 162 g/mol. The Kier molecular flexibility index (Phi) is 1.95. The first-order valence-electron chi connectivity index (χ1n) is 4.81. The fourth-order valence-electron chi connectivity index (χ4n) is 2.33. The molecule has 0 saturated heterocycles. The normalized spacial score (nSPS) is 31.3. The fraction of sp³-hybridized carbons (Fsp3) is 0.636. The minimum Gasteiger partial charge on any atom is -0.381 e. The Morgan fingerprint density at radius 3 is 2.38 bits per heavy atom. The van der Waals surface area contributed by atoms with Crippen molar-refractivity contribution in [2.45, 2.75) is 32.4 Å². The molecule has 0 aliphatic heterocycles. The quantitative estimate of drug-likeness (QED) is 0.680. The van der Waals surface area contributed by atoms with E-state index in [4.69, 9.17) is 4.74 Å². The van der Waals surface area contributed by atoms with Gasteiger partial charge in [0.25, 0.3) is 0 Å². The molecule has 2 rings (SSSR count). The van der Waals surface area contributed by atoms with Gasteiger partial charge in [0.05, 0.1) is 6.10 Å². The molecule has 1 aliphatic carbocycles. The predicted octanol–water partition coefficient (Wildman–Crippen LogP) is 2.47. The lowest BCUT2D eigenvalue weighted by Gasteiger charge is -2.51. The number of ether oxygens (including phenoxy) is 1. The van der Waals surface area contributed by atoms with Gasteiger partial charge in [-0.25, -0.2) is 0 Å². The van der Waals surface area contributed by atoms with Crippen LogP contribution in [-0.4, -0.2) is 17.8 Å². The largest absolute Gasteiger partial charge is 0.381 e. The molecule has 2 atom stereocenters. The number of methoxy groups -OCH3 is 1. The summed E-state index contributed by atoms with van der Waals surface area (Å²) in [5, 5.41) is 0. The van der Waals surface area contributed by atoms with Crippen molar-refractivity contribution in [3.8, 4) is 0 Å². The topological polar surface area (TPSA) is 14.2 Å². The van der Waals surface area contributed by atoms with Crippen LogP contribution in [0.25, 0.3) is 0 Å². The van der Waals surface area contributed by atoms with E-state index in [0.717, 1.165) is 6.42 Å². The summed E-state index contributed by atoms with van der Waals surface area (Å²) >= 11 is 0. The van der Waals surface area contributed by atoms with Crippen LogP contribution in [0.15, 0.2) is 24.5 Å². The van der Waals surface area contributed by atoms with Gasteiger partial charge in [0.15, 0.2) is 0 Å². The molecule has 1 aromatic rings. The molecule has 0 bridgehead atoms. The highest BCUT2D eigenvalue weighted by Gasteiger charge is 2.49. The Bertz CT molecular complexity index is 276. The first-order valence-corrected chi connectivity index (χ1v) is 4.81. The highest BCUT2D eigenvalue weighted by Crippen LogP contribution is 2.50. The molecule has 72 valence electrons. The summed E-state index contributed by atoms with van der Waals surface area (Å²) in [5.74, 6) is 0. The molecule has 0 N–H and O–H groups in total. The molecule has 0 aromatic carbocycles. The average Bonchev–Trinajstić information content (AvgIpc) is 2.56. The van der Waals surface area contributed by atoms with Crippen molar-refractivity contribution >= 4 is 0 Å². The van der Waals surface area contributed by atoms with Gasteiger partial charge in [-0.3, -0.25) is 0 Å². The van der Waals surface area contributed by atoms with Crippen LogP contribution in [0, 0.1) is 5.41 Å². The third-order valence-corrected chi connectivity index (χ3v) is 3.40. The van der Waals surface area contributed by atoms with Gasteiger partial charge in [0, 0.05) is 31.0 Å². The summed E-state index contributed by atoms with van der Waals surface area (Å²) in [5.41, 5.74) is 0.272. The van der Waals surface area contributed by atoms with Gasteiger partial charge in [-0.05, 0) is 18.6 Å². The highest BCUT2D eigenvalue weighted by atomic mass is 16.5. The number of nitrogens with zero attached hydrogens (tertiary/aromatic N) is 1. The molecule has 13 heavy (non-hydrogen) atoms. The van der Waals surface area contributed by atoms with E-state index < -0.39 is 0 Å². The van der Waals surface area contributed by atoms with Crippen LogP contribution < -0.4 is 0 Å². The van der Waals surface area contributed by atoms with Crippen molar-refractivity contribution in [3.05, 3.63) is 24.5 Å². The summed E-state index contributed by atoms with van der Waals surface area (Å²) in [4.78, 5) is 0. The van der Waals surface area contributed by atoms with Crippen molar-refractivity contribution < 1.29 is 4.74 Å². The number of hydrogen-bond donors (Lipinski definition) is 0. The Morgan fingerprint density at radius 1 is 1.31 bits per heavy atom. The summed E-state index contributed by atoms with van der Waals surface area (Å²) in [6.45, 7) is 4.55. The molecule has 0 spiro atoms. The van der Waals surface area contributed by atoms with Gasteiger partial charge < -0.3 is 9.30 Å². The van der Waals surface area contributed by atoms with Gasteiger partial charge in [0.1, 0.15) is 0 Å². The zero-order chi connectivity index (χ0) is 9.47. The Morgan fingerprint density at radius 2 is 1.92 bits per heavy atom. The monoisotopic (exact) mass is 179 g/mol. The fourth-order valence-corrected chi connectivity index (χ4v) is 2.33. The van der Waals surface area contributed by atoms with E-state index in [0.29, 0.717) is 12.1 Å². The molecule has 0 amide bonds. The van der Waals surface area contributed by atoms with E-state index in [9.17, 15) is 0 Å². The lowest BCUT2D eigenvalue weighted by molar-refractivity contribution is -0.112. The molecule has 1 saturated carbocycles. The minimum absolute atomic E-state index is 0.272. The molecule has 2 unspecified atom stereocenters. The number of rotatable bonds is 2. The van der Waals surface area contributed by atoms with Crippen LogP contribution in [0.5, 0.6) is 0 Å². The Hall–Kier alpha value is -0.760. The molecule has 1 aromatic heterocycles. The van der Waals surface area contributed by atoms with Crippen molar-refractivity contribution in [2.24, 2.45) is 5.41 Å². The third-order valence-electron chi connectivity index (χ3n) is 3.40. The van der Waals surface area contributed by atoms with Crippen LogP contribution in [0.4, 0.5) is 0 Å². The van der Waals surface area contributed by atoms with Gasteiger partial charge >= 0.3 is 0 Å². The lowest BCUT2D eigenvalue weighted by Crippen LogP contribution is -2.50. The van der Waals surface area contributed by atoms with E-state index in [2.05, 4.69) is 42.9 Å². The maximum Gasteiger partial charge on any atom is 0.0662 e. The van der Waals surface area contributed by atoms with Gasteiger partial charge in [0.2, 0.25) is 0 Å². The smallest absolute Gasteiger partial charge is 0.0662 e. The predicted molar refractivity (Wildman–Crippen MR) is 52.7 cm³/mol. The summed E-state index contributed by atoms with van der Waals surface area (Å²) in [6, 6.07) is 4.76. The highest BCUT2D eigenvalue weighted by molar-refractivity contribution is 5.05. The molecule has 1 heterocycles. The standard InChI is InChI=1S/C11H17NO/c1-11(2)9(8-10(11)13-3)12-6-4-5-7-12/h4-7,9-10H,8H2,1-3H3. The number of aromatic nitrogens is 1. The second-order valence-corrected chi connectivity index (χ2v) is 4.43. The second kappa shape index (κ2) is 2.88. The Labute approximate surface area is 79.5 Å². The third kappa shape index (κ3) is 1.20. The Balaban J connectivity index is 2.14. The first kappa shape index (κ1) is 8.82. The van der Waals surface area contributed by atoms with Crippen LogP contribution in [0.1, 0.15) is 26.3 Å². The maximum atomic E-state index is 5.42. The van der Waals surface area contributed by atoms with Crippen LogP contribution >= 0.6 is 0 Å². The van der Waals surface area contributed by atoms with Crippen molar-refractivity contribution in [1.82, 2.24) is 4.57 Å². The zero-order valence-electron chi connectivity index (χ0n) is 8.53. The van der Waals surface area contributed by atoms with Crippen LogP contribution in [0.3, 0.4) is 0 Å². The van der Waals surface area contributed by atoms with Gasteiger partial charge in [-0.2, -0.15) is 0 Å². The number of hydrogen-bond acceptors (Lipinski definition) is 1. The summed E-state index contributed by atoms with van der Waals surface area (Å²) in [6.07, 6.45) is 5.83. The van der Waals surface area contributed by atoms with Crippen LogP contribution in [-0.2, 0) is 4.74 Å². The van der Waals surface area contributed by atoms with E-state index in [-0.39, 0.29) is 5.41 Å². The van der Waals surface area contributed by atoms with Crippen molar-refractivity contribution in [3.63, 3.8) is 0 Å². The van der Waals surface area contributed by atoms with E-state index in [1.807, 2.05) is 0 Å².